The number of ether oxygens (including phenoxy) is 3. The van der Waals surface area contributed by atoms with Crippen molar-refractivity contribution in [3.05, 3.63) is 68.1 Å². The minimum atomic E-state index is -1.23. The van der Waals surface area contributed by atoms with Crippen LogP contribution in [0.4, 0.5) is 0 Å². The van der Waals surface area contributed by atoms with Gasteiger partial charge in [0.1, 0.15) is 5.56 Å². The number of aromatic carboxylic acids is 1. The maximum absolute atomic E-state index is 12.5. The van der Waals surface area contributed by atoms with Crippen LogP contribution in [0.5, 0.6) is 11.5 Å². The molecule has 1 aromatic carbocycles. The van der Waals surface area contributed by atoms with Crippen LogP contribution >= 0.6 is 11.3 Å². The molecule has 4 rings (SSSR count). The van der Waals surface area contributed by atoms with Crippen LogP contribution in [0.15, 0.2) is 46.7 Å². The van der Waals surface area contributed by atoms with Gasteiger partial charge in [-0.15, -0.1) is 11.3 Å². The molecule has 162 valence electrons. The second-order valence-electron chi connectivity index (χ2n) is 7.24. The monoisotopic (exact) mass is 441 g/mol. The molecular weight excluding hydrogens is 418 g/mol. The summed E-state index contributed by atoms with van der Waals surface area (Å²) in [6, 6.07) is 9.09. The maximum atomic E-state index is 12.5. The van der Waals surface area contributed by atoms with Crippen molar-refractivity contribution in [2.24, 2.45) is 0 Å². The number of benzene rings is 1. The fraction of sp³-hybridized carbons (Fsp3) is 0.304. The van der Waals surface area contributed by atoms with Crippen molar-refractivity contribution in [1.29, 1.82) is 0 Å². The number of thiophene rings is 1. The first kappa shape index (κ1) is 21.1. The minimum absolute atomic E-state index is 0.115. The zero-order valence-electron chi connectivity index (χ0n) is 17.3. The summed E-state index contributed by atoms with van der Waals surface area (Å²) in [7, 11) is 3.22. The highest BCUT2D eigenvalue weighted by Gasteiger charge is 2.29. The van der Waals surface area contributed by atoms with Crippen molar-refractivity contribution in [2.45, 2.75) is 18.9 Å². The van der Waals surface area contributed by atoms with Crippen molar-refractivity contribution >= 4 is 17.3 Å². The Balaban J connectivity index is 1.84. The normalized spacial score (nSPS) is 14.6. The van der Waals surface area contributed by atoms with Gasteiger partial charge in [-0.25, -0.2) is 4.79 Å². The van der Waals surface area contributed by atoms with Crippen LogP contribution in [0.25, 0.3) is 11.3 Å². The molecule has 1 aliphatic rings. The summed E-state index contributed by atoms with van der Waals surface area (Å²) >= 11 is 1.60. The van der Waals surface area contributed by atoms with E-state index in [1.54, 1.807) is 25.6 Å². The molecule has 31 heavy (non-hydrogen) atoms. The molecule has 1 aliphatic heterocycles. The van der Waals surface area contributed by atoms with Crippen LogP contribution in [0.3, 0.4) is 0 Å². The molecular formula is C23H23NO6S. The van der Waals surface area contributed by atoms with Crippen molar-refractivity contribution < 1.29 is 24.1 Å². The SMILES string of the molecule is COCCCOc1cc2c(cc1OC)-c1cc(=O)c(C(=O)O)cn1C(c1cccs1)C2. The number of carbonyl (C=O) groups is 1. The number of fused-ring (bicyclic) bond motifs is 3. The number of carboxylic acid groups (broad SMARTS) is 1. The van der Waals surface area contributed by atoms with Crippen LogP contribution in [0.1, 0.15) is 33.3 Å². The largest absolute Gasteiger partial charge is 0.493 e. The van der Waals surface area contributed by atoms with Gasteiger partial charge in [0, 0.05) is 42.8 Å². The minimum Gasteiger partial charge on any atom is -0.493 e. The van der Waals surface area contributed by atoms with E-state index < -0.39 is 11.4 Å². The first-order chi connectivity index (χ1) is 15.0. The third kappa shape index (κ3) is 4.08. The van der Waals surface area contributed by atoms with E-state index in [2.05, 4.69) is 0 Å². The van der Waals surface area contributed by atoms with Crippen molar-refractivity contribution in [2.75, 3.05) is 27.4 Å². The Labute approximate surface area is 183 Å². The summed E-state index contributed by atoms with van der Waals surface area (Å²) in [5, 5.41) is 11.5. The molecule has 1 N–H and O–H groups in total. The third-order valence-electron chi connectivity index (χ3n) is 5.35. The number of hydrogen-bond acceptors (Lipinski definition) is 6. The number of nitrogens with zero attached hydrogens (tertiary/aromatic N) is 1. The molecule has 1 atom stereocenters. The first-order valence-electron chi connectivity index (χ1n) is 9.89. The molecule has 0 saturated carbocycles. The zero-order chi connectivity index (χ0) is 22.0. The Kier molecular flexibility index (Phi) is 6.11. The average Bonchev–Trinajstić information content (AvgIpc) is 3.29. The Hall–Kier alpha value is -3.10. The first-order valence-corrected chi connectivity index (χ1v) is 10.8. The van der Waals surface area contributed by atoms with Crippen LogP contribution < -0.4 is 14.9 Å². The van der Waals surface area contributed by atoms with E-state index in [0.29, 0.717) is 36.8 Å². The van der Waals surface area contributed by atoms with E-state index in [0.717, 1.165) is 22.4 Å². The van der Waals surface area contributed by atoms with Gasteiger partial charge >= 0.3 is 5.97 Å². The number of aromatic nitrogens is 1. The summed E-state index contributed by atoms with van der Waals surface area (Å²) in [5.74, 6) is -0.0271. The van der Waals surface area contributed by atoms with Crippen molar-refractivity contribution in [3.63, 3.8) is 0 Å². The number of carboxylic acids is 1. The predicted octanol–water partition coefficient (Wildman–Crippen LogP) is 3.84. The zero-order valence-corrected chi connectivity index (χ0v) is 18.1. The lowest BCUT2D eigenvalue weighted by atomic mass is 9.91. The molecule has 1 unspecified atom stereocenters. The van der Waals surface area contributed by atoms with E-state index in [1.807, 2.05) is 34.2 Å². The summed E-state index contributed by atoms with van der Waals surface area (Å²) < 4.78 is 18.4. The molecule has 2 aromatic heterocycles. The fourth-order valence-electron chi connectivity index (χ4n) is 3.88. The van der Waals surface area contributed by atoms with E-state index >= 15 is 0 Å². The Bertz CT molecular complexity index is 1150. The van der Waals surface area contributed by atoms with Crippen LogP contribution in [-0.2, 0) is 11.2 Å². The van der Waals surface area contributed by atoms with Crippen molar-refractivity contribution in [3.8, 4) is 22.8 Å². The molecule has 3 heterocycles. The molecule has 3 aromatic rings. The highest BCUT2D eigenvalue weighted by atomic mass is 32.1. The van der Waals surface area contributed by atoms with Gasteiger partial charge < -0.3 is 23.9 Å². The smallest absolute Gasteiger partial charge is 0.341 e. The number of rotatable bonds is 8. The highest BCUT2D eigenvalue weighted by molar-refractivity contribution is 7.10. The summed E-state index contributed by atoms with van der Waals surface area (Å²) in [6.45, 7) is 1.10. The van der Waals surface area contributed by atoms with Gasteiger partial charge in [-0.3, -0.25) is 4.79 Å². The molecule has 0 bridgehead atoms. The maximum Gasteiger partial charge on any atom is 0.341 e. The van der Waals surface area contributed by atoms with Gasteiger partial charge in [-0.05, 0) is 35.6 Å². The topological polar surface area (TPSA) is 87.0 Å². The van der Waals surface area contributed by atoms with E-state index in [1.165, 1.54) is 12.3 Å². The lowest BCUT2D eigenvalue weighted by Crippen LogP contribution is -2.25. The molecule has 0 amide bonds. The van der Waals surface area contributed by atoms with Gasteiger partial charge in [0.2, 0.25) is 0 Å². The molecule has 0 fully saturated rings. The quantitative estimate of drug-likeness (QED) is 0.535. The standard InChI is InChI=1S/C23H23NO6S/c1-28-6-4-7-30-21-10-14-9-18(22-5-3-8-31-22)24-13-16(23(26)27)19(25)12-17(24)15(14)11-20(21)29-2/h3,5,8,10-13,18H,4,6-7,9H2,1-2H3,(H,26,27). The summed E-state index contributed by atoms with van der Waals surface area (Å²) in [6.07, 6.45) is 2.85. The van der Waals surface area contributed by atoms with Gasteiger partial charge in [0.05, 0.1) is 25.5 Å². The summed E-state index contributed by atoms with van der Waals surface area (Å²) in [5.41, 5.74) is 1.76. The second kappa shape index (κ2) is 8.95. The number of methoxy groups -OCH3 is 2. The lowest BCUT2D eigenvalue weighted by Gasteiger charge is -2.31. The summed E-state index contributed by atoms with van der Waals surface area (Å²) in [4.78, 5) is 25.2. The number of pyridine rings is 1. The molecule has 0 spiro atoms. The van der Waals surface area contributed by atoms with Gasteiger partial charge in [-0.2, -0.15) is 0 Å². The van der Waals surface area contributed by atoms with Gasteiger partial charge in [-0.1, -0.05) is 6.07 Å². The third-order valence-corrected chi connectivity index (χ3v) is 6.32. The second-order valence-corrected chi connectivity index (χ2v) is 8.22. The van der Waals surface area contributed by atoms with E-state index in [9.17, 15) is 14.7 Å². The highest BCUT2D eigenvalue weighted by Crippen LogP contribution is 2.43. The molecule has 0 aliphatic carbocycles. The van der Waals surface area contributed by atoms with E-state index in [4.69, 9.17) is 14.2 Å². The predicted molar refractivity (Wildman–Crippen MR) is 118 cm³/mol. The van der Waals surface area contributed by atoms with E-state index in [-0.39, 0.29) is 11.6 Å². The fourth-order valence-corrected chi connectivity index (χ4v) is 4.70. The number of hydrogen-bond donors (Lipinski definition) is 1. The molecule has 0 saturated heterocycles. The van der Waals surface area contributed by atoms with Gasteiger partial charge in [0.25, 0.3) is 0 Å². The van der Waals surface area contributed by atoms with Crippen LogP contribution in [0.2, 0.25) is 0 Å². The Morgan fingerprint density at radius 1 is 1.23 bits per heavy atom. The average molecular weight is 442 g/mol. The van der Waals surface area contributed by atoms with Crippen molar-refractivity contribution in [1.82, 2.24) is 4.57 Å². The Morgan fingerprint density at radius 2 is 2.06 bits per heavy atom. The van der Waals surface area contributed by atoms with Crippen LogP contribution in [0, 0.1) is 0 Å². The Morgan fingerprint density at radius 3 is 2.74 bits per heavy atom. The molecule has 7 nitrogen and oxygen atoms in total. The van der Waals surface area contributed by atoms with Crippen LogP contribution in [-0.4, -0.2) is 43.1 Å². The molecule has 0 radical (unpaired) electrons. The van der Waals surface area contributed by atoms with Gasteiger partial charge in [0.15, 0.2) is 16.9 Å². The molecule has 8 heteroatoms. The lowest BCUT2D eigenvalue weighted by molar-refractivity contribution is 0.0694.